The molecule has 1 saturated carbocycles. The lowest BCUT2D eigenvalue weighted by Crippen LogP contribution is -2.40. The van der Waals surface area contributed by atoms with Crippen molar-refractivity contribution in [1.82, 2.24) is 5.32 Å². The van der Waals surface area contributed by atoms with Gasteiger partial charge in [-0.2, -0.15) is 0 Å². The van der Waals surface area contributed by atoms with E-state index in [-0.39, 0.29) is 5.54 Å². The van der Waals surface area contributed by atoms with E-state index in [9.17, 15) is 0 Å². The molecule has 2 atom stereocenters. The van der Waals surface area contributed by atoms with Crippen molar-refractivity contribution in [2.24, 2.45) is 11.8 Å². The summed E-state index contributed by atoms with van der Waals surface area (Å²) >= 11 is 3.57. The van der Waals surface area contributed by atoms with Crippen LogP contribution < -0.4 is 5.32 Å². The van der Waals surface area contributed by atoms with Gasteiger partial charge in [-0.25, -0.2) is 0 Å². The van der Waals surface area contributed by atoms with Crippen molar-refractivity contribution in [3.63, 3.8) is 0 Å². The van der Waals surface area contributed by atoms with Gasteiger partial charge in [0.15, 0.2) is 0 Å². The largest absolute Gasteiger partial charge is 0.312 e. The lowest BCUT2D eigenvalue weighted by molar-refractivity contribution is 0.317. The predicted molar refractivity (Wildman–Crippen MR) is 86.4 cm³/mol. The molecule has 1 aliphatic rings. The zero-order valence-corrected chi connectivity index (χ0v) is 14.0. The normalized spacial score (nSPS) is 23.8. The molecule has 1 fully saturated rings. The number of halogens is 1. The molecule has 1 N–H and O–H groups in total. The summed E-state index contributed by atoms with van der Waals surface area (Å²) in [5.74, 6) is 1.70. The second kappa shape index (κ2) is 6.41. The van der Waals surface area contributed by atoms with E-state index in [0.717, 1.165) is 11.8 Å². The average Bonchev–Trinajstić information content (AvgIpc) is 2.73. The standard InChI is InChI=1S/C17H26BrN/c1-17(2,3)19-12-15-8-5-7-14(15)10-13-6-4-9-16(18)11-13/h4,6,9,11,14-15,19H,5,7-8,10,12H2,1-3H3. The van der Waals surface area contributed by atoms with Crippen molar-refractivity contribution in [3.8, 4) is 0 Å². The van der Waals surface area contributed by atoms with Crippen LogP contribution in [-0.2, 0) is 6.42 Å². The van der Waals surface area contributed by atoms with E-state index in [2.05, 4.69) is 66.3 Å². The van der Waals surface area contributed by atoms with Gasteiger partial charge in [-0.3, -0.25) is 0 Å². The zero-order valence-electron chi connectivity index (χ0n) is 12.4. The van der Waals surface area contributed by atoms with Gasteiger partial charge < -0.3 is 5.32 Å². The number of hydrogen-bond acceptors (Lipinski definition) is 1. The third-order valence-corrected chi connectivity index (χ3v) is 4.59. The Morgan fingerprint density at radius 1 is 1.21 bits per heavy atom. The molecule has 2 heteroatoms. The van der Waals surface area contributed by atoms with Crippen LogP contribution >= 0.6 is 15.9 Å². The molecule has 1 nitrogen and oxygen atoms in total. The summed E-state index contributed by atoms with van der Waals surface area (Å²) in [6.07, 6.45) is 5.41. The molecule has 0 amide bonds. The van der Waals surface area contributed by atoms with Crippen LogP contribution in [0.5, 0.6) is 0 Å². The van der Waals surface area contributed by atoms with Crippen molar-refractivity contribution >= 4 is 15.9 Å². The Morgan fingerprint density at radius 3 is 2.63 bits per heavy atom. The Labute approximate surface area is 126 Å². The third-order valence-electron chi connectivity index (χ3n) is 4.10. The van der Waals surface area contributed by atoms with E-state index in [1.807, 2.05) is 0 Å². The molecule has 2 rings (SSSR count). The quantitative estimate of drug-likeness (QED) is 0.839. The molecule has 0 bridgehead atoms. The van der Waals surface area contributed by atoms with Gasteiger partial charge in [0.05, 0.1) is 0 Å². The Balaban J connectivity index is 1.92. The molecular formula is C17H26BrN. The van der Waals surface area contributed by atoms with Crippen molar-refractivity contribution in [1.29, 1.82) is 0 Å². The maximum atomic E-state index is 3.68. The van der Waals surface area contributed by atoms with Crippen molar-refractivity contribution in [2.45, 2.75) is 52.0 Å². The Morgan fingerprint density at radius 2 is 1.95 bits per heavy atom. The van der Waals surface area contributed by atoms with Gasteiger partial charge in [-0.05, 0) is 76.1 Å². The summed E-state index contributed by atoms with van der Waals surface area (Å²) in [7, 11) is 0. The highest BCUT2D eigenvalue weighted by atomic mass is 79.9. The van der Waals surface area contributed by atoms with E-state index in [1.165, 1.54) is 42.3 Å². The fraction of sp³-hybridized carbons (Fsp3) is 0.647. The first-order valence-corrected chi connectivity index (χ1v) is 8.23. The summed E-state index contributed by atoms with van der Waals surface area (Å²) in [6, 6.07) is 8.79. The molecule has 0 heterocycles. The van der Waals surface area contributed by atoms with E-state index in [4.69, 9.17) is 0 Å². The van der Waals surface area contributed by atoms with E-state index in [0.29, 0.717) is 0 Å². The van der Waals surface area contributed by atoms with Gasteiger partial charge in [0.1, 0.15) is 0 Å². The van der Waals surface area contributed by atoms with Gasteiger partial charge in [0.25, 0.3) is 0 Å². The highest BCUT2D eigenvalue weighted by Gasteiger charge is 2.28. The van der Waals surface area contributed by atoms with Gasteiger partial charge in [0.2, 0.25) is 0 Å². The van der Waals surface area contributed by atoms with Crippen LogP contribution in [0.3, 0.4) is 0 Å². The molecule has 1 aromatic carbocycles. The fourth-order valence-electron chi connectivity index (χ4n) is 3.06. The molecule has 0 aromatic heterocycles. The van der Waals surface area contributed by atoms with Crippen LogP contribution in [0, 0.1) is 11.8 Å². The molecule has 1 aromatic rings. The van der Waals surface area contributed by atoms with Gasteiger partial charge in [-0.15, -0.1) is 0 Å². The molecular weight excluding hydrogens is 298 g/mol. The number of nitrogens with one attached hydrogen (secondary N) is 1. The van der Waals surface area contributed by atoms with Crippen LogP contribution in [0.4, 0.5) is 0 Å². The minimum atomic E-state index is 0.239. The summed E-state index contributed by atoms with van der Waals surface area (Å²) in [4.78, 5) is 0. The number of hydrogen-bond donors (Lipinski definition) is 1. The van der Waals surface area contributed by atoms with Crippen LogP contribution in [0.15, 0.2) is 28.7 Å². The minimum absolute atomic E-state index is 0.239. The van der Waals surface area contributed by atoms with Crippen LogP contribution in [0.1, 0.15) is 45.6 Å². The minimum Gasteiger partial charge on any atom is -0.312 e. The predicted octanol–water partition coefficient (Wildman–Crippen LogP) is 4.80. The molecule has 2 unspecified atom stereocenters. The number of rotatable bonds is 4. The maximum absolute atomic E-state index is 3.68. The second-order valence-electron chi connectivity index (χ2n) is 6.92. The lowest BCUT2D eigenvalue weighted by Gasteiger charge is -2.26. The van der Waals surface area contributed by atoms with Crippen molar-refractivity contribution in [2.75, 3.05) is 6.54 Å². The SMILES string of the molecule is CC(C)(C)NCC1CCCC1Cc1cccc(Br)c1. The first-order chi connectivity index (χ1) is 8.94. The van der Waals surface area contributed by atoms with Gasteiger partial charge in [-0.1, -0.05) is 34.5 Å². The molecule has 0 spiro atoms. The molecule has 19 heavy (non-hydrogen) atoms. The van der Waals surface area contributed by atoms with Gasteiger partial charge in [0, 0.05) is 10.0 Å². The lowest BCUT2D eigenvalue weighted by atomic mass is 9.89. The molecule has 1 aliphatic carbocycles. The molecule has 0 radical (unpaired) electrons. The van der Waals surface area contributed by atoms with E-state index in [1.54, 1.807) is 0 Å². The highest BCUT2D eigenvalue weighted by molar-refractivity contribution is 9.10. The summed E-state index contributed by atoms with van der Waals surface area (Å²) < 4.78 is 1.20. The third kappa shape index (κ3) is 4.92. The smallest absolute Gasteiger partial charge is 0.0177 e. The second-order valence-corrected chi connectivity index (χ2v) is 7.83. The first-order valence-electron chi connectivity index (χ1n) is 7.43. The highest BCUT2D eigenvalue weighted by Crippen LogP contribution is 2.34. The van der Waals surface area contributed by atoms with Gasteiger partial charge >= 0.3 is 0 Å². The van der Waals surface area contributed by atoms with Crippen molar-refractivity contribution in [3.05, 3.63) is 34.3 Å². The maximum Gasteiger partial charge on any atom is 0.0177 e. The number of benzene rings is 1. The van der Waals surface area contributed by atoms with Crippen molar-refractivity contribution < 1.29 is 0 Å². The fourth-order valence-corrected chi connectivity index (χ4v) is 3.50. The Bertz CT molecular complexity index is 408. The van der Waals surface area contributed by atoms with Crippen LogP contribution in [0.25, 0.3) is 0 Å². The first kappa shape index (κ1) is 15.1. The summed E-state index contributed by atoms with van der Waals surface area (Å²) in [5.41, 5.74) is 1.71. The summed E-state index contributed by atoms with van der Waals surface area (Å²) in [5, 5.41) is 3.68. The molecule has 0 saturated heterocycles. The molecule has 106 valence electrons. The van der Waals surface area contributed by atoms with Crippen LogP contribution in [0.2, 0.25) is 0 Å². The summed E-state index contributed by atoms with van der Waals surface area (Å²) in [6.45, 7) is 7.93. The van der Waals surface area contributed by atoms with E-state index < -0.39 is 0 Å². The van der Waals surface area contributed by atoms with E-state index >= 15 is 0 Å². The Hall–Kier alpha value is -0.340. The molecule has 0 aliphatic heterocycles. The van der Waals surface area contributed by atoms with Crippen LogP contribution in [-0.4, -0.2) is 12.1 Å². The monoisotopic (exact) mass is 323 g/mol. The Kier molecular flexibility index (Phi) is 5.08. The topological polar surface area (TPSA) is 12.0 Å². The zero-order chi connectivity index (χ0) is 13.9. The average molecular weight is 324 g/mol.